The van der Waals surface area contributed by atoms with Crippen molar-refractivity contribution in [2.75, 3.05) is 25.4 Å². The molecular weight excluding hydrogens is 214 g/mol. The summed E-state index contributed by atoms with van der Waals surface area (Å²) in [5.74, 6) is 0.558. The Morgan fingerprint density at radius 1 is 1.41 bits per heavy atom. The quantitative estimate of drug-likeness (QED) is 0.750. The van der Waals surface area contributed by atoms with E-state index < -0.39 is 0 Å². The van der Waals surface area contributed by atoms with E-state index in [0.29, 0.717) is 5.82 Å². The number of anilines is 1. The molecule has 0 aliphatic rings. The molecule has 0 aromatic carbocycles. The third-order valence-corrected chi connectivity index (χ3v) is 2.93. The van der Waals surface area contributed by atoms with Crippen LogP contribution >= 0.6 is 0 Å². The van der Waals surface area contributed by atoms with Gasteiger partial charge >= 0.3 is 0 Å². The first-order valence-electron chi connectivity index (χ1n) is 6.22. The largest absolute Gasteiger partial charge is 0.395 e. The van der Waals surface area contributed by atoms with Crippen molar-refractivity contribution in [1.29, 1.82) is 0 Å². The molecule has 1 heterocycles. The summed E-state index contributed by atoms with van der Waals surface area (Å²) in [4.78, 5) is 6.38. The fourth-order valence-corrected chi connectivity index (χ4v) is 1.81. The maximum atomic E-state index is 9.19. The van der Waals surface area contributed by atoms with Crippen LogP contribution in [0.5, 0.6) is 0 Å². The van der Waals surface area contributed by atoms with Gasteiger partial charge in [-0.1, -0.05) is 13.0 Å². The molecule has 0 saturated carbocycles. The first kappa shape index (κ1) is 13.9. The highest BCUT2D eigenvalue weighted by Crippen LogP contribution is 2.06. The van der Waals surface area contributed by atoms with Crippen LogP contribution in [0.15, 0.2) is 18.3 Å². The van der Waals surface area contributed by atoms with Crippen molar-refractivity contribution in [2.24, 2.45) is 0 Å². The number of hydrogen-bond acceptors (Lipinski definition) is 4. The normalized spacial score (nSPS) is 12.9. The third kappa shape index (κ3) is 4.71. The minimum absolute atomic E-state index is 0.208. The predicted octanol–water partition coefficient (Wildman–Crippen LogP) is 1.30. The maximum Gasteiger partial charge on any atom is 0.123 e. The zero-order chi connectivity index (χ0) is 12.7. The van der Waals surface area contributed by atoms with Gasteiger partial charge in [0.25, 0.3) is 0 Å². The highest BCUT2D eigenvalue weighted by molar-refractivity contribution is 5.29. The van der Waals surface area contributed by atoms with E-state index in [1.807, 2.05) is 18.3 Å². The molecule has 0 bridgehead atoms. The topological polar surface area (TPSA) is 62.4 Å². The van der Waals surface area contributed by atoms with Crippen molar-refractivity contribution in [3.05, 3.63) is 23.9 Å². The van der Waals surface area contributed by atoms with Crippen LogP contribution in [0.3, 0.4) is 0 Å². The van der Waals surface area contributed by atoms with E-state index in [0.717, 1.165) is 25.9 Å². The number of aromatic nitrogens is 1. The van der Waals surface area contributed by atoms with Crippen LogP contribution in [0.25, 0.3) is 0 Å². The molecule has 1 aromatic rings. The lowest BCUT2D eigenvalue weighted by atomic mass is 10.1. The molecule has 3 N–H and O–H groups in total. The van der Waals surface area contributed by atoms with Gasteiger partial charge in [-0.05, 0) is 37.9 Å². The summed E-state index contributed by atoms with van der Waals surface area (Å²) < 4.78 is 0. The second-order valence-electron chi connectivity index (χ2n) is 4.41. The Balaban J connectivity index is 2.48. The van der Waals surface area contributed by atoms with Crippen molar-refractivity contribution in [1.82, 2.24) is 9.88 Å². The molecule has 4 heteroatoms. The molecule has 0 aliphatic carbocycles. The van der Waals surface area contributed by atoms with Gasteiger partial charge in [0, 0.05) is 18.8 Å². The van der Waals surface area contributed by atoms with Gasteiger partial charge in [0.2, 0.25) is 0 Å². The molecule has 0 amide bonds. The summed E-state index contributed by atoms with van der Waals surface area (Å²) in [6, 6.07) is 4.06. The molecule has 4 nitrogen and oxygen atoms in total. The molecule has 1 aromatic heterocycles. The number of nitrogens with two attached hydrogens (primary N) is 1. The van der Waals surface area contributed by atoms with Gasteiger partial charge in [0.05, 0.1) is 6.61 Å². The SMILES string of the molecule is CCCN(CCc1ccc(N)nc1)[C@@H](C)CO. The number of nitrogens with zero attached hydrogens (tertiary/aromatic N) is 2. The average molecular weight is 237 g/mol. The fraction of sp³-hybridized carbons (Fsp3) is 0.615. The summed E-state index contributed by atoms with van der Waals surface area (Å²) >= 11 is 0. The van der Waals surface area contributed by atoms with Gasteiger partial charge in [0.15, 0.2) is 0 Å². The first-order valence-corrected chi connectivity index (χ1v) is 6.22. The number of rotatable bonds is 7. The Bertz CT molecular complexity index is 313. The van der Waals surface area contributed by atoms with Gasteiger partial charge < -0.3 is 10.8 Å². The maximum absolute atomic E-state index is 9.19. The summed E-state index contributed by atoms with van der Waals surface area (Å²) in [6.07, 6.45) is 3.87. The molecular formula is C13H23N3O. The number of pyridine rings is 1. The van der Waals surface area contributed by atoms with E-state index in [1.54, 1.807) is 0 Å². The molecule has 0 spiro atoms. The van der Waals surface area contributed by atoms with Crippen molar-refractivity contribution in [3.8, 4) is 0 Å². The monoisotopic (exact) mass is 237 g/mol. The predicted molar refractivity (Wildman–Crippen MR) is 70.8 cm³/mol. The Kier molecular flexibility index (Phi) is 5.94. The van der Waals surface area contributed by atoms with E-state index in [2.05, 4.69) is 23.7 Å². The summed E-state index contributed by atoms with van der Waals surface area (Å²) in [7, 11) is 0. The van der Waals surface area contributed by atoms with Gasteiger partial charge in [-0.25, -0.2) is 4.98 Å². The molecule has 96 valence electrons. The minimum atomic E-state index is 0.208. The fourth-order valence-electron chi connectivity index (χ4n) is 1.81. The van der Waals surface area contributed by atoms with Crippen LogP contribution in [-0.4, -0.2) is 40.7 Å². The van der Waals surface area contributed by atoms with E-state index in [1.165, 1.54) is 5.56 Å². The molecule has 0 unspecified atom stereocenters. The van der Waals surface area contributed by atoms with E-state index in [9.17, 15) is 5.11 Å². The van der Waals surface area contributed by atoms with Crippen LogP contribution in [-0.2, 0) is 6.42 Å². The Labute approximate surface area is 103 Å². The third-order valence-electron chi connectivity index (χ3n) is 2.93. The van der Waals surface area contributed by atoms with Gasteiger partial charge in [-0.15, -0.1) is 0 Å². The number of aliphatic hydroxyl groups is 1. The highest BCUT2D eigenvalue weighted by atomic mass is 16.3. The molecule has 1 atom stereocenters. The molecule has 0 saturated heterocycles. The number of aliphatic hydroxyl groups excluding tert-OH is 1. The van der Waals surface area contributed by atoms with Crippen LogP contribution in [0.4, 0.5) is 5.82 Å². The lowest BCUT2D eigenvalue weighted by Crippen LogP contribution is -2.37. The summed E-state index contributed by atoms with van der Waals surface area (Å²) in [5.41, 5.74) is 6.73. The average Bonchev–Trinajstić information content (AvgIpc) is 2.35. The standard InChI is InChI=1S/C13H23N3O/c1-3-7-16(11(2)10-17)8-6-12-4-5-13(14)15-9-12/h4-5,9,11,17H,3,6-8,10H2,1-2H3,(H2,14,15)/t11-/m0/s1. The molecule has 1 rings (SSSR count). The highest BCUT2D eigenvalue weighted by Gasteiger charge is 2.11. The van der Waals surface area contributed by atoms with Crippen molar-refractivity contribution in [2.45, 2.75) is 32.7 Å². The number of hydrogen-bond donors (Lipinski definition) is 2. The molecule has 0 aliphatic heterocycles. The van der Waals surface area contributed by atoms with Crippen LogP contribution in [0, 0.1) is 0 Å². The lowest BCUT2D eigenvalue weighted by molar-refractivity contribution is 0.135. The Morgan fingerprint density at radius 2 is 2.18 bits per heavy atom. The van der Waals surface area contributed by atoms with Crippen LogP contribution < -0.4 is 5.73 Å². The Hall–Kier alpha value is -1.13. The second-order valence-corrected chi connectivity index (χ2v) is 4.41. The van der Waals surface area contributed by atoms with Gasteiger partial charge in [-0.3, -0.25) is 4.90 Å². The van der Waals surface area contributed by atoms with E-state index in [4.69, 9.17) is 5.73 Å². The van der Waals surface area contributed by atoms with Gasteiger partial charge in [0.1, 0.15) is 5.82 Å². The smallest absolute Gasteiger partial charge is 0.123 e. The number of nitrogen functional groups attached to an aromatic ring is 1. The Morgan fingerprint density at radius 3 is 2.71 bits per heavy atom. The summed E-state index contributed by atoms with van der Waals surface area (Å²) in [6.45, 7) is 6.38. The second kappa shape index (κ2) is 7.25. The minimum Gasteiger partial charge on any atom is -0.395 e. The van der Waals surface area contributed by atoms with E-state index in [-0.39, 0.29) is 12.6 Å². The van der Waals surface area contributed by atoms with Crippen LogP contribution in [0.2, 0.25) is 0 Å². The lowest BCUT2D eigenvalue weighted by Gasteiger charge is -2.27. The van der Waals surface area contributed by atoms with E-state index >= 15 is 0 Å². The van der Waals surface area contributed by atoms with Crippen molar-refractivity contribution < 1.29 is 5.11 Å². The van der Waals surface area contributed by atoms with Crippen molar-refractivity contribution >= 4 is 5.82 Å². The summed E-state index contributed by atoms with van der Waals surface area (Å²) in [5, 5.41) is 9.19. The molecule has 17 heavy (non-hydrogen) atoms. The van der Waals surface area contributed by atoms with Crippen LogP contribution in [0.1, 0.15) is 25.8 Å². The molecule has 0 fully saturated rings. The zero-order valence-corrected chi connectivity index (χ0v) is 10.8. The van der Waals surface area contributed by atoms with Crippen molar-refractivity contribution in [3.63, 3.8) is 0 Å². The van der Waals surface area contributed by atoms with Gasteiger partial charge in [-0.2, -0.15) is 0 Å². The zero-order valence-electron chi connectivity index (χ0n) is 10.8. The first-order chi connectivity index (χ1) is 8.17. The molecule has 0 radical (unpaired) electrons.